The first-order valence-electron chi connectivity index (χ1n) is 6.61. The molecule has 3 rings (SSSR count). The van der Waals surface area contributed by atoms with Crippen LogP contribution in [0, 0.1) is 6.92 Å². The summed E-state index contributed by atoms with van der Waals surface area (Å²) in [4.78, 5) is 9.87. The van der Waals surface area contributed by atoms with Crippen molar-refractivity contribution in [3.8, 4) is 0 Å². The minimum Gasteiger partial charge on any atom is -0.467 e. The second-order valence-electron chi connectivity index (χ2n) is 4.64. The van der Waals surface area contributed by atoms with E-state index in [4.69, 9.17) is 21.8 Å². The Kier molecular flexibility index (Phi) is 4.10. The number of hydrogen-bond donors (Lipinski definition) is 2. The van der Waals surface area contributed by atoms with Crippen LogP contribution in [0.15, 0.2) is 22.8 Å². The summed E-state index contributed by atoms with van der Waals surface area (Å²) < 4.78 is 6.32. The van der Waals surface area contributed by atoms with E-state index in [0.29, 0.717) is 13.1 Å². The third kappa shape index (κ3) is 2.88. The summed E-state index contributed by atoms with van der Waals surface area (Å²) >= 11 is 7.70. The zero-order valence-electron chi connectivity index (χ0n) is 11.5. The summed E-state index contributed by atoms with van der Waals surface area (Å²) in [5, 5.41) is 3.50. The maximum atomic E-state index is 6.04. The van der Waals surface area contributed by atoms with Crippen molar-refractivity contribution < 1.29 is 4.42 Å². The Morgan fingerprint density at radius 3 is 3.00 bits per heavy atom. The topological polar surface area (TPSA) is 77.0 Å². The van der Waals surface area contributed by atoms with Crippen LogP contribution >= 0.6 is 22.9 Å². The fourth-order valence-corrected chi connectivity index (χ4v) is 3.57. The molecule has 0 amide bonds. The molecule has 110 valence electrons. The number of rotatable bonds is 5. The van der Waals surface area contributed by atoms with E-state index in [2.05, 4.69) is 15.3 Å². The Morgan fingerprint density at radius 2 is 2.29 bits per heavy atom. The van der Waals surface area contributed by atoms with Gasteiger partial charge in [-0.05, 0) is 49.2 Å². The predicted octanol–water partition coefficient (Wildman–Crippen LogP) is 3.36. The molecule has 3 N–H and O–H groups in total. The quantitative estimate of drug-likeness (QED) is 0.704. The van der Waals surface area contributed by atoms with Crippen molar-refractivity contribution in [3.05, 3.63) is 39.9 Å². The van der Waals surface area contributed by atoms with Crippen LogP contribution in [0.2, 0.25) is 5.28 Å². The maximum absolute atomic E-state index is 6.04. The van der Waals surface area contributed by atoms with Crippen LogP contribution in [0.4, 0.5) is 5.82 Å². The first-order chi connectivity index (χ1) is 10.2. The highest BCUT2D eigenvalue weighted by molar-refractivity contribution is 7.19. The van der Waals surface area contributed by atoms with E-state index in [0.717, 1.165) is 33.8 Å². The number of furan rings is 1. The molecular weight excluding hydrogens is 308 g/mol. The van der Waals surface area contributed by atoms with Crippen molar-refractivity contribution in [1.82, 2.24) is 9.97 Å². The molecule has 0 spiro atoms. The Balaban J connectivity index is 1.98. The normalized spacial score (nSPS) is 11.2. The fourth-order valence-electron chi connectivity index (χ4n) is 2.18. The van der Waals surface area contributed by atoms with Crippen molar-refractivity contribution in [3.63, 3.8) is 0 Å². The summed E-state index contributed by atoms with van der Waals surface area (Å²) in [7, 11) is 0. The van der Waals surface area contributed by atoms with Crippen LogP contribution in [-0.2, 0) is 13.0 Å². The summed E-state index contributed by atoms with van der Waals surface area (Å²) in [5.41, 5.74) is 7.68. The monoisotopic (exact) mass is 322 g/mol. The predicted molar refractivity (Wildman–Crippen MR) is 86.0 cm³/mol. The van der Waals surface area contributed by atoms with Crippen LogP contribution in [0.1, 0.15) is 16.2 Å². The van der Waals surface area contributed by atoms with Gasteiger partial charge in [0.15, 0.2) is 0 Å². The van der Waals surface area contributed by atoms with Gasteiger partial charge in [0, 0.05) is 4.88 Å². The van der Waals surface area contributed by atoms with Gasteiger partial charge >= 0.3 is 0 Å². The number of anilines is 1. The molecule has 5 nitrogen and oxygen atoms in total. The van der Waals surface area contributed by atoms with Gasteiger partial charge in [0.2, 0.25) is 5.28 Å². The first-order valence-corrected chi connectivity index (χ1v) is 7.80. The summed E-state index contributed by atoms with van der Waals surface area (Å²) in [6.45, 7) is 3.21. The van der Waals surface area contributed by atoms with Crippen LogP contribution in [-0.4, -0.2) is 16.5 Å². The third-order valence-corrected chi connectivity index (χ3v) is 4.74. The molecule has 0 saturated heterocycles. The van der Waals surface area contributed by atoms with E-state index in [9.17, 15) is 0 Å². The van der Waals surface area contributed by atoms with Crippen molar-refractivity contribution in [2.75, 3.05) is 11.9 Å². The van der Waals surface area contributed by atoms with E-state index < -0.39 is 0 Å². The second-order valence-corrected chi connectivity index (χ2v) is 6.08. The number of thiophene rings is 1. The Hall–Kier alpha value is -1.63. The molecule has 3 aromatic heterocycles. The summed E-state index contributed by atoms with van der Waals surface area (Å²) in [6, 6.07) is 3.76. The van der Waals surface area contributed by atoms with Crippen LogP contribution in [0.5, 0.6) is 0 Å². The number of fused-ring (bicyclic) bond motifs is 1. The van der Waals surface area contributed by atoms with E-state index in [-0.39, 0.29) is 5.28 Å². The number of halogens is 1. The van der Waals surface area contributed by atoms with Crippen molar-refractivity contribution in [2.45, 2.75) is 19.9 Å². The van der Waals surface area contributed by atoms with Crippen LogP contribution in [0.3, 0.4) is 0 Å². The molecule has 0 aliphatic rings. The van der Waals surface area contributed by atoms with Gasteiger partial charge in [-0.3, -0.25) is 0 Å². The van der Waals surface area contributed by atoms with Gasteiger partial charge in [0.25, 0.3) is 0 Å². The van der Waals surface area contributed by atoms with Gasteiger partial charge in [0.05, 0.1) is 23.0 Å². The van der Waals surface area contributed by atoms with Crippen molar-refractivity contribution >= 4 is 39.0 Å². The largest absolute Gasteiger partial charge is 0.467 e. The number of hydrogen-bond acceptors (Lipinski definition) is 6. The Bertz CT molecular complexity index is 754. The zero-order chi connectivity index (χ0) is 14.8. The molecule has 0 fully saturated rings. The average molecular weight is 323 g/mol. The lowest BCUT2D eigenvalue weighted by molar-refractivity contribution is 0.518. The maximum Gasteiger partial charge on any atom is 0.224 e. The minimum absolute atomic E-state index is 0.240. The molecule has 7 heteroatoms. The number of nitrogens with two attached hydrogens (primary N) is 1. The number of nitrogens with zero attached hydrogens (tertiary/aromatic N) is 2. The molecule has 0 unspecified atom stereocenters. The van der Waals surface area contributed by atoms with Crippen molar-refractivity contribution in [2.24, 2.45) is 5.73 Å². The van der Waals surface area contributed by atoms with Gasteiger partial charge in [-0.15, -0.1) is 11.3 Å². The fraction of sp³-hybridized carbons (Fsp3) is 0.286. The lowest BCUT2D eigenvalue weighted by atomic mass is 10.2. The van der Waals surface area contributed by atoms with Gasteiger partial charge in [0.1, 0.15) is 11.6 Å². The SMILES string of the molecule is Cc1c(CCN)sc2c(NCc3ccco3)nc(Cl)nc12. The molecule has 21 heavy (non-hydrogen) atoms. The lowest BCUT2D eigenvalue weighted by Crippen LogP contribution is -2.02. The first kappa shape index (κ1) is 14.3. The molecule has 0 aliphatic heterocycles. The average Bonchev–Trinajstić information content (AvgIpc) is 3.07. The molecule has 0 aliphatic carbocycles. The molecule has 0 atom stereocenters. The smallest absolute Gasteiger partial charge is 0.224 e. The van der Waals surface area contributed by atoms with Gasteiger partial charge in [-0.25, -0.2) is 4.98 Å². The highest BCUT2D eigenvalue weighted by atomic mass is 35.5. The second kappa shape index (κ2) is 6.01. The molecule has 0 aromatic carbocycles. The minimum atomic E-state index is 0.240. The highest BCUT2D eigenvalue weighted by Gasteiger charge is 2.15. The summed E-state index contributed by atoms with van der Waals surface area (Å²) in [5.74, 6) is 1.58. The molecule has 3 heterocycles. The molecule has 3 aromatic rings. The van der Waals surface area contributed by atoms with E-state index >= 15 is 0 Å². The Labute approximate surface area is 131 Å². The van der Waals surface area contributed by atoms with E-state index in [1.165, 1.54) is 4.88 Å². The van der Waals surface area contributed by atoms with Crippen LogP contribution in [0.25, 0.3) is 10.2 Å². The van der Waals surface area contributed by atoms with Crippen LogP contribution < -0.4 is 11.1 Å². The van der Waals surface area contributed by atoms with Crippen molar-refractivity contribution in [1.29, 1.82) is 0 Å². The molecular formula is C14H15ClN4OS. The highest BCUT2D eigenvalue weighted by Crippen LogP contribution is 2.35. The molecule has 0 radical (unpaired) electrons. The Morgan fingerprint density at radius 1 is 1.43 bits per heavy atom. The number of aryl methyl sites for hydroxylation is 1. The van der Waals surface area contributed by atoms with Gasteiger partial charge in [-0.2, -0.15) is 4.98 Å². The lowest BCUT2D eigenvalue weighted by Gasteiger charge is -2.05. The van der Waals surface area contributed by atoms with E-state index in [1.54, 1.807) is 17.6 Å². The zero-order valence-corrected chi connectivity index (χ0v) is 13.1. The summed E-state index contributed by atoms with van der Waals surface area (Å²) in [6.07, 6.45) is 2.48. The van der Waals surface area contributed by atoms with Gasteiger partial charge < -0.3 is 15.5 Å². The molecule has 0 bridgehead atoms. The standard InChI is InChI=1S/C14H15ClN4OS/c1-8-10(4-5-16)21-12-11(8)18-14(15)19-13(12)17-7-9-3-2-6-20-9/h2-3,6H,4-5,7,16H2,1H3,(H,17,18,19). The van der Waals surface area contributed by atoms with E-state index in [1.807, 2.05) is 19.1 Å². The number of aromatic nitrogens is 2. The third-order valence-electron chi connectivity index (χ3n) is 3.22. The number of nitrogens with one attached hydrogen (secondary N) is 1. The van der Waals surface area contributed by atoms with Gasteiger partial charge in [-0.1, -0.05) is 0 Å². The molecule has 0 saturated carbocycles.